The summed E-state index contributed by atoms with van der Waals surface area (Å²) >= 11 is 9.39. The highest BCUT2D eigenvalue weighted by molar-refractivity contribution is 9.10. The quantitative estimate of drug-likeness (QED) is 0.711. The molecule has 2 aromatic rings. The number of nitrogens with one attached hydrogen (secondary N) is 2. The molecule has 116 valence electrons. The maximum absolute atomic E-state index is 11.6. The monoisotopic (exact) mass is 382 g/mol. The van der Waals surface area contributed by atoms with Gasteiger partial charge in [0.05, 0.1) is 11.6 Å². The Morgan fingerprint density at radius 1 is 1.18 bits per heavy atom. The zero-order valence-electron chi connectivity index (χ0n) is 11.8. The topological polar surface area (TPSA) is 50.4 Å². The molecule has 0 fully saturated rings. The van der Waals surface area contributed by atoms with Crippen LogP contribution in [0, 0.1) is 0 Å². The van der Waals surface area contributed by atoms with E-state index in [1.165, 1.54) is 0 Å². The lowest BCUT2D eigenvalue weighted by molar-refractivity contribution is 0.250. The van der Waals surface area contributed by atoms with Crippen LogP contribution < -0.4 is 15.4 Å². The molecule has 0 aliphatic carbocycles. The summed E-state index contributed by atoms with van der Waals surface area (Å²) in [6.45, 7) is 1.000. The summed E-state index contributed by atoms with van der Waals surface area (Å²) in [6.07, 6.45) is 0.689. The number of ether oxygens (including phenoxy) is 1. The highest BCUT2D eigenvalue weighted by atomic mass is 79.9. The lowest BCUT2D eigenvalue weighted by atomic mass is 10.3. The number of rotatable bonds is 6. The molecule has 0 unspecified atom stereocenters. The van der Waals surface area contributed by atoms with E-state index in [2.05, 4.69) is 26.6 Å². The van der Waals surface area contributed by atoms with Crippen LogP contribution in [0.2, 0.25) is 5.02 Å². The fourth-order valence-electron chi connectivity index (χ4n) is 1.75. The molecule has 0 aromatic heterocycles. The molecule has 22 heavy (non-hydrogen) atoms. The van der Waals surface area contributed by atoms with Crippen molar-refractivity contribution in [1.82, 2.24) is 5.32 Å². The van der Waals surface area contributed by atoms with E-state index >= 15 is 0 Å². The van der Waals surface area contributed by atoms with Gasteiger partial charge in [0.25, 0.3) is 0 Å². The fourth-order valence-corrected chi connectivity index (χ4v) is 2.47. The Morgan fingerprint density at radius 3 is 2.68 bits per heavy atom. The fraction of sp³-hybridized carbons (Fsp3) is 0.188. The lowest BCUT2D eigenvalue weighted by Gasteiger charge is -2.09. The number of amides is 2. The third kappa shape index (κ3) is 5.58. The predicted molar refractivity (Wildman–Crippen MR) is 92.7 cm³/mol. The third-order valence-corrected chi connectivity index (χ3v) is 3.58. The average molecular weight is 384 g/mol. The molecule has 4 nitrogen and oxygen atoms in total. The normalized spacial score (nSPS) is 10.1. The van der Waals surface area contributed by atoms with Crippen molar-refractivity contribution in [2.45, 2.75) is 6.42 Å². The summed E-state index contributed by atoms with van der Waals surface area (Å²) in [5.74, 6) is 0.638. The summed E-state index contributed by atoms with van der Waals surface area (Å²) < 4.78 is 6.47. The van der Waals surface area contributed by atoms with Gasteiger partial charge in [-0.15, -0.1) is 0 Å². The van der Waals surface area contributed by atoms with Gasteiger partial charge < -0.3 is 15.4 Å². The van der Waals surface area contributed by atoms with E-state index in [0.29, 0.717) is 30.3 Å². The number of carbonyl (C=O) groups is 1. The van der Waals surface area contributed by atoms with Crippen molar-refractivity contribution >= 4 is 39.2 Å². The van der Waals surface area contributed by atoms with Gasteiger partial charge in [0.2, 0.25) is 0 Å². The summed E-state index contributed by atoms with van der Waals surface area (Å²) in [5, 5.41) is 6.08. The minimum absolute atomic E-state index is 0.229. The van der Waals surface area contributed by atoms with E-state index in [4.69, 9.17) is 16.3 Å². The molecule has 2 N–H and O–H groups in total. The van der Waals surface area contributed by atoms with Crippen LogP contribution in [0.25, 0.3) is 0 Å². The zero-order chi connectivity index (χ0) is 15.8. The molecule has 0 saturated carbocycles. The Balaban J connectivity index is 1.64. The number of hydrogen-bond acceptors (Lipinski definition) is 2. The third-order valence-electron chi connectivity index (χ3n) is 2.79. The lowest BCUT2D eigenvalue weighted by Crippen LogP contribution is -2.30. The van der Waals surface area contributed by atoms with Crippen LogP contribution in [0.1, 0.15) is 6.42 Å². The van der Waals surface area contributed by atoms with E-state index < -0.39 is 0 Å². The first-order valence-corrected chi connectivity index (χ1v) is 8.00. The smallest absolute Gasteiger partial charge is 0.319 e. The summed E-state index contributed by atoms with van der Waals surface area (Å²) in [6, 6.07) is 14.5. The number of hydrogen-bond donors (Lipinski definition) is 2. The molecule has 0 atom stereocenters. The molecule has 0 bridgehead atoms. The van der Waals surface area contributed by atoms with Crippen molar-refractivity contribution < 1.29 is 9.53 Å². The molecule has 2 rings (SSSR count). The number of halogens is 2. The van der Waals surface area contributed by atoms with Gasteiger partial charge in [-0.05, 0) is 36.8 Å². The van der Waals surface area contributed by atoms with Gasteiger partial charge in [-0.1, -0.05) is 45.7 Å². The van der Waals surface area contributed by atoms with Crippen LogP contribution in [0.5, 0.6) is 5.75 Å². The molecule has 6 heteroatoms. The minimum atomic E-state index is -0.229. The standard InChI is InChI=1S/C16H16BrClN2O2/c17-12-7-8-15(14(18)11-12)22-10-4-9-19-16(21)20-13-5-2-1-3-6-13/h1-3,5-8,11H,4,9-10H2,(H2,19,20,21). The summed E-state index contributed by atoms with van der Waals surface area (Å²) in [7, 11) is 0. The zero-order valence-corrected chi connectivity index (χ0v) is 14.2. The van der Waals surface area contributed by atoms with Crippen LogP contribution in [-0.4, -0.2) is 19.2 Å². The van der Waals surface area contributed by atoms with E-state index in [9.17, 15) is 4.79 Å². The second-order valence-electron chi connectivity index (χ2n) is 4.52. The van der Waals surface area contributed by atoms with Crippen molar-refractivity contribution in [3.05, 3.63) is 58.0 Å². The number of urea groups is 1. The van der Waals surface area contributed by atoms with Crippen molar-refractivity contribution in [3.8, 4) is 5.75 Å². The Kier molecular flexibility index (Phi) is 6.55. The Labute approximate surface area is 142 Å². The van der Waals surface area contributed by atoms with Gasteiger partial charge in [0, 0.05) is 16.7 Å². The molecular formula is C16H16BrClN2O2. The van der Waals surface area contributed by atoms with E-state index in [1.54, 1.807) is 6.07 Å². The Bertz CT molecular complexity index is 623. The Hall–Kier alpha value is -1.72. The van der Waals surface area contributed by atoms with Gasteiger partial charge in [0.15, 0.2) is 0 Å². The van der Waals surface area contributed by atoms with Crippen molar-refractivity contribution in [2.75, 3.05) is 18.5 Å². The van der Waals surface area contributed by atoms with Crippen molar-refractivity contribution in [3.63, 3.8) is 0 Å². The first-order valence-electron chi connectivity index (χ1n) is 6.83. The van der Waals surface area contributed by atoms with Crippen LogP contribution in [0.3, 0.4) is 0 Å². The van der Waals surface area contributed by atoms with Gasteiger partial charge in [0.1, 0.15) is 5.75 Å². The number of carbonyl (C=O) groups excluding carboxylic acids is 1. The molecule has 0 heterocycles. The van der Waals surface area contributed by atoms with Crippen LogP contribution in [-0.2, 0) is 0 Å². The highest BCUT2D eigenvalue weighted by Gasteiger charge is 2.03. The second-order valence-corrected chi connectivity index (χ2v) is 5.85. The summed E-state index contributed by atoms with van der Waals surface area (Å²) in [5.41, 5.74) is 0.762. The molecule has 0 spiro atoms. The second kappa shape index (κ2) is 8.66. The number of anilines is 1. The minimum Gasteiger partial charge on any atom is -0.492 e. The van der Waals surface area contributed by atoms with Crippen LogP contribution in [0.4, 0.5) is 10.5 Å². The van der Waals surface area contributed by atoms with Gasteiger partial charge >= 0.3 is 6.03 Å². The first-order chi connectivity index (χ1) is 10.6. The largest absolute Gasteiger partial charge is 0.492 e. The van der Waals surface area contributed by atoms with Crippen molar-refractivity contribution in [2.24, 2.45) is 0 Å². The van der Waals surface area contributed by atoms with E-state index in [1.807, 2.05) is 42.5 Å². The molecule has 2 aromatic carbocycles. The van der Waals surface area contributed by atoms with Crippen LogP contribution in [0.15, 0.2) is 53.0 Å². The maximum atomic E-state index is 11.6. The highest BCUT2D eigenvalue weighted by Crippen LogP contribution is 2.27. The van der Waals surface area contributed by atoms with E-state index in [-0.39, 0.29) is 6.03 Å². The number of benzene rings is 2. The van der Waals surface area contributed by atoms with Crippen LogP contribution >= 0.6 is 27.5 Å². The van der Waals surface area contributed by atoms with Gasteiger partial charge in [-0.2, -0.15) is 0 Å². The predicted octanol–water partition coefficient (Wildman–Crippen LogP) is 4.69. The van der Waals surface area contributed by atoms with E-state index in [0.717, 1.165) is 10.2 Å². The maximum Gasteiger partial charge on any atom is 0.319 e. The SMILES string of the molecule is O=C(NCCCOc1ccc(Br)cc1Cl)Nc1ccccc1. The Morgan fingerprint density at radius 2 is 1.95 bits per heavy atom. The molecule has 0 saturated heterocycles. The summed E-state index contributed by atoms with van der Waals surface area (Å²) in [4.78, 5) is 11.6. The van der Waals surface area contributed by atoms with Gasteiger partial charge in [-0.25, -0.2) is 4.79 Å². The number of para-hydroxylation sites is 1. The molecule has 0 aliphatic heterocycles. The molecular weight excluding hydrogens is 368 g/mol. The first kappa shape index (κ1) is 16.6. The molecule has 0 radical (unpaired) electrons. The molecule has 0 aliphatic rings. The van der Waals surface area contributed by atoms with Gasteiger partial charge in [-0.3, -0.25) is 0 Å². The average Bonchev–Trinajstić information content (AvgIpc) is 2.50. The molecule has 2 amide bonds. The van der Waals surface area contributed by atoms with Crippen molar-refractivity contribution in [1.29, 1.82) is 0 Å².